The summed E-state index contributed by atoms with van der Waals surface area (Å²) in [6.07, 6.45) is 7.77. The quantitative estimate of drug-likeness (QED) is 0.785. The average molecular weight is 319 g/mol. The van der Waals surface area contributed by atoms with Crippen LogP contribution in [0.2, 0.25) is 0 Å². The second-order valence-electron chi connectivity index (χ2n) is 6.51. The van der Waals surface area contributed by atoms with Crippen molar-refractivity contribution in [3.05, 3.63) is 72.2 Å². The molecular formula is C20H21N3O. The molecule has 1 aliphatic carbocycles. The van der Waals surface area contributed by atoms with Crippen LogP contribution in [0.1, 0.15) is 30.5 Å². The van der Waals surface area contributed by atoms with Crippen LogP contribution in [0.4, 0.5) is 0 Å². The molecule has 0 aliphatic heterocycles. The largest absolute Gasteiger partial charge is 0.355 e. The normalized spacial score (nSPS) is 15.8. The number of imidazole rings is 1. The second-order valence-corrected chi connectivity index (χ2v) is 6.51. The van der Waals surface area contributed by atoms with Crippen LogP contribution in [-0.2, 0) is 16.6 Å². The third kappa shape index (κ3) is 2.58. The molecule has 3 aromatic rings. The maximum Gasteiger partial charge on any atom is 0.230 e. The van der Waals surface area contributed by atoms with Gasteiger partial charge >= 0.3 is 0 Å². The Bertz CT molecular complexity index is 816. The first-order chi connectivity index (χ1) is 11.8. The highest BCUT2D eigenvalue weighted by Gasteiger charge is 2.45. The molecule has 4 nitrogen and oxygen atoms in total. The molecule has 1 aromatic carbocycles. The van der Waals surface area contributed by atoms with Crippen molar-refractivity contribution < 1.29 is 4.79 Å². The predicted molar refractivity (Wildman–Crippen MR) is 93.9 cm³/mol. The lowest BCUT2D eigenvalue weighted by Crippen LogP contribution is -2.49. The van der Waals surface area contributed by atoms with Crippen molar-refractivity contribution in [2.45, 2.75) is 31.1 Å². The predicted octanol–water partition coefficient (Wildman–Crippen LogP) is 3.11. The van der Waals surface area contributed by atoms with Gasteiger partial charge in [0.15, 0.2) is 0 Å². The van der Waals surface area contributed by atoms with Gasteiger partial charge in [0.05, 0.1) is 11.1 Å². The van der Waals surface area contributed by atoms with Gasteiger partial charge in [0, 0.05) is 25.4 Å². The molecule has 1 amide bonds. The van der Waals surface area contributed by atoms with Crippen molar-refractivity contribution in [2.24, 2.45) is 0 Å². The molecule has 2 aromatic heterocycles. The Kier molecular flexibility index (Phi) is 3.81. The number of fused-ring (bicyclic) bond motifs is 1. The highest BCUT2D eigenvalue weighted by molar-refractivity contribution is 5.89. The minimum Gasteiger partial charge on any atom is -0.355 e. The SMILES string of the molecule is O=C(NCCc1cn2ccccc2n1)C1(c2ccccc2)CCC1. The molecule has 1 aliphatic rings. The smallest absolute Gasteiger partial charge is 0.230 e. The molecular weight excluding hydrogens is 298 g/mol. The summed E-state index contributed by atoms with van der Waals surface area (Å²) in [6, 6.07) is 16.1. The van der Waals surface area contributed by atoms with E-state index in [1.165, 1.54) is 0 Å². The van der Waals surface area contributed by atoms with Gasteiger partial charge < -0.3 is 9.72 Å². The molecule has 2 heterocycles. The van der Waals surface area contributed by atoms with E-state index in [0.717, 1.165) is 42.6 Å². The van der Waals surface area contributed by atoms with E-state index >= 15 is 0 Å². The number of carbonyl (C=O) groups is 1. The van der Waals surface area contributed by atoms with Crippen molar-refractivity contribution >= 4 is 11.6 Å². The molecule has 0 bridgehead atoms. The first-order valence-electron chi connectivity index (χ1n) is 8.54. The lowest BCUT2D eigenvalue weighted by atomic mass is 9.64. The highest BCUT2D eigenvalue weighted by Crippen LogP contribution is 2.43. The molecule has 4 rings (SSSR count). The highest BCUT2D eigenvalue weighted by atomic mass is 16.2. The van der Waals surface area contributed by atoms with E-state index in [1.807, 2.05) is 53.2 Å². The van der Waals surface area contributed by atoms with Crippen LogP contribution in [0.5, 0.6) is 0 Å². The lowest BCUT2D eigenvalue weighted by molar-refractivity contribution is -0.129. The molecule has 1 saturated carbocycles. The first-order valence-corrected chi connectivity index (χ1v) is 8.54. The number of hydrogen-bond donors (Lipinski definition) is 1. The molecule has 0 spiro atoms. The van der Waals surface area contributed by atoms with Crippen LogP contribution in [-0.4, -0.2) is 21.8 Å². The third-order valence-electron chi connectivity index (χ3n) is 5.05. The Balaban J connectivity index is 1.41. The van der Waals surface area contributed by atoms with Crippen molar-refractivity contribution in [1.82, 2.24) is 14.7 Å². The topological polar surface area (TPSA) is 46.4 Å². The molecule has 0 saturated heterocycles. The van der Waals surface area contributed by atoms with E-state index in [0.29, 0.717) is 6.54 Å². The summed E-state index contributed by atoms with van der Waals surface area (Å²) >= 11 is 0. The molecule has 0 unspecified atom stereocenters. The summed E-state index contributed by atoms with van der Waals surface area (Å²) < 4.78 is 2.01. The number of pyridine rings is 1. The van der Waals surface area contributed by atoms with Gasteiger partial charge in [-0.2, -0.15) is 0 Å². The van der Waals surface area contributed by atoms with E-state index < -0.39 is 0 Å². The van der Waals surface area contributed by atoms with Crippen molar-refractivity contribution in [3.63, 3.8) is 0 Å². The summed E-state index contributed by atoms with van der Waals surface area (Å²) in [5.74, 6) is 0.156. The molecule has 1 fully saturated rings. The number of nitrogens with one attached hydrogen (secondary N) is 1. The number of aromatic nitrogens is 2. The Labute approximate surface area is 141 Å². The van der Waals surface area contributed by atoms with Gasteiger partial charge in [-0.3, -0.25) is 4.79 Å². The van der Waals surface area contributed by atoms with E-state index in [4.69, 9.17) is 0 Å². The van der Waals surface area contributed by atoms with Gasteiger partial charge in [-0.1, -0.05) is 42.8 Å². The maximum absolute atomic E-state index is 12.8. The van der Waals surface area contributed by atoms with Crippen molar-refractivity contribution in [3.8, 4) is 0 Å². The number of carbonyl (C=O) groups excluding carboxylic acids is 1. The lowest BCUT2D eigenvalue weighted by Gasteiger charge is -2.40. The van der Waals surface area contributed by atoms with E-state index in [2.05, 4.69) is 22.4 Å². The fourth-order valence-electron chi connectivity index (χ4n) is 3.52. The standard InChI is InChI=1S/C20H21N3O/c24-19(20(11-6-12-20)16-7-2-1-3-8-16)21-13-10-17-15-23-14-5-4-9-18(23)22-17/h1-5,7-9,14-15H,6,10-13H2,(H,21,24). The van der Waals surface area contributed by atoms with Crippen molar-refractivity contribution in [1.29, 1.82) is 0 Å². The number of amides is 1. The molecule has 4 heteroatoms. The zero-order chi connectivity index (χ0) is 16.4. The summed E-state index contributed by atoms with van der Waals surface area (Å²) in [6.45, 7) is 0.622. The van der Waals surface area contributed by atoms with Gasteiger partial charge in [-0.25, -0.2) is 4.98 Å². The fourth-order valence-corrected chi connectivity index (χ4v) is 3.52. The van der Waals surface area contributed by atoms with E-state index in [1.54, 1.807) is 0 Å². The summed E-state index contributed by atoms with van der Waals surface area (Å²) in [7, 11) is 0. The van der Waals surface area contributed by atoms with E-state index in [-0.39, 0.29) is 11.3 Å². The van der Waals surface area contributed by atoms with Gasteiger partial charge in [-0.15, -0.1) is 0 Å². The van der Waals surface area contributed by atoms with Crippen LogP contribution in [0, 0.1) is 0 Å². The molecule has 24 heavy (non-hydrogen) atoms. The van der Waals surface area contributed by atoms with Crippen LogP contribution >= 0.6 is 0 Å². The van der Waals surface area contributed by atoms with Gasteiger partial charge in [0.25, 0.3) is 0 Å². The van der Waals surface area contributed by atoms with Gasteiger partial charge in [0.1, 0.15) is 5.65 Å². The fraction of sp³-hybridized carbons (Fsp3) is 0.300. The minimum absolute atomic E-state index is 0.156. The van der Waals surface area contributed by atoms with Crippen LogP contribution in [0.3, 0.4) is 0 Å². The van der Waals surface area contributed by atoms with Crippen LogP contribution in [0.15, 0.2) is 60.9 Å². The van der Waals surface area contributed by atoms with Gasteiger partial charge in [0.2, 0.25) is 5.91 Å². The number of nitrogens with zero attached hydrogens (tertiary/aromatic N) is 2. The summed E-state index contributed by atoms with van der Waals surface area (Å²) in [5, 5.41) is 3.13. The number of hydrogen-bond acceptors (Lipinski definition) is 2. The number of rotatable bonds is 5. The van der Waals surface area contributed by atoms with Crippen molar-refractivity contribution in [2.75, 3.05) is 6.54 Å². The third-order valence-corrected chi connectivity index (χ3v) is 5.05. The summed E-state index contributed by atoms with van der Waals surface area (Å²) in [5.41, 5.74) is 2.77. The molecule has 1 N–H and O–H groups in total. The van der Waals surface area contributed by atoms with E-state index in [9.17, 15) is 4.79 Å². The maximum atomic E-state index is 12.8. The average Bonchev–Trinajstić information content (AvgIpc) is 2.97. The van der Waals surface area contributed by atoms with Gasteiger partial charge in [-0.05, 0) is 30.5 Å². The zero-order valence-electron chi connectivity index (χ0n) is 13.6. The number of benzene rings is 1. The Hall–Kier alpha value is -2.62. The monoisotopic (exact) mass is 319 g/mol. The molecule has 0 atom stereocenters. The Morgan fingerprint density at radius 1 is 1.12 bits per heavy atom. The van der Waals surface area contributed by atoms with Crippen LogP contribution in [0.25, 0.3) is 5.65 Å². The summed E-state index contributed by atoms with van der Waals surface area (Å²) in [4.78, 5) is 17.3. The molecule has 122 valence electrons. The Morgan fingerprint density at radius 3 is 2.62 bits per heavy atom. The van der Waals surface area contributed by atoms with Crippen LogP contribution < -0.4 is 5.32 Å². The minimum atomic E-state index is -0.319. The first kappa shape index (κ1) is 14.9. The zero-order valence-corrected chi connectivity index (χ0v) is 13.6. The Morgan fingerprint density at radius 2 is 1.92 bits per heavy atom. The molecule has 0 radical (unpaired) electrons. The second kappa shape index (κ2) is 6.11.